The summed E-state index contributed by atoms with van der Waals surface area (Å²) in [6, 6.07) is 14.0. The van der Waals surface area contributed by atoms with Gasteiger partial charge in [-0.05, 0) is 42.8 Å². The topological polar surface area (TPSA) is 70.4 Å². The number of aromatic nitrogens is 2. The van der Waals surface area contributed by atoms with Gasteiger partial charge in [0.15, 0.2) is 0 Å². The zero-order chi connectivity index (χ0) is 18.1. The lowest BCUT2D eigenvalue weighted by Gasteiger charge is -2.37. The standard InChI is InChI=1S/C20H22N4O2/c1-2-15-12-21-8-9-23(15)16-4-3-5-17(11-16)24-13-22-18-10-14(20(25)26)6-7-19(18)24/h3-7,10-11,13,15,21H,2,8-9,12H2,1H3,(H,25,26). The van der Waals surface area contributed by atoms with E-state index >= 15 is 0 Å². The van der Waals surface area contributed by atoms with Gasteiger partial charge in [0.2, 0.25) is 0 Å². The van der Waals surface area contributed by atoms with Crippen molar-refractivity contribution in [2.45, 2.75) is 19.4 Å². The number of nitrogens with zero attached hydrogens (tertiary/aromatic N) is 3. The highest BCUT2D eigenvalue weighted by atomic mass is 16.4. The molecule has 1 aromatic heterocycles. The Morgan fingerprint density at radius 1 is 1.27 bits per heavy atom. The normalized spacial score (nSPS) is 17.6. The third-order valence-electron chi connectivity index (χ3n) is 5.06. The highest BCUT2D eigenvalue weighted by Gasteiger charge is 2.21. The summed E-state index contributed by atoms with van der Waals surface area (Å²) in [5.41, 5.74) is 4.08. The molecule has 0 bridgehead atoms. The van der Waals surface area contributed by atoms with Gasteiger partial charge >= 0.3 is 5.97 Å². The smallest absolute Gasteiger partial charge is 0.335 e. The number of carboxylic acids is 1. The predicted octanol–water partition coefficient (Wildman–Crippen LogP) is 2.91. The van der Waals surface area contributed by atoms with Crippen LogP contribution in [0.2, 0.25) is 0 Å². The molecule has 1 fully saturated rings. The zero-order valence-electron chi connectivity index (χ0n) is 14.7. The minimum atomic E-state index is -0.937. The Labute approximate surface area is 152 Å². The molecule has 1 aliphatic rings. The van der Waals surface area contributed by atoms with E-state index in [2.05, 4.69) is 46.4 Å². The molecule has 2 heterocycles. The Morgan fingerprint density at radius 3 is 2.92 bits per heavy atom. The first-order chi connectivity index (χ1) is 12.7. The second-order valence-corrected chi connectivity index (χ2v) is 6.60. The molecule has 134 valence electrons. The Kier molecular flexibility index (Phi) is 4.34. The molecule has 1 unspecified atom stereocenters. The van der Waals surface area contributed by atoms with Gasteiger partial charge in [-0.1, -0.05) is 13.0 Å². The number of hydrogen-bond acceptors (Lipinski definition) is 4. The van der Waals surface area contributed by atoms with Crippen molar-refractivity contribution >= 4 is 22.7 Å². The van der Waals surface area contributed by atoms with Gasteiger partial charge in [0, 0.05) is 37.1 Å². The van der Waals surface area contributed by atoms with Crippen LogP contribution in [0.25, 0.3) is 16.7 Å². The molecule has 1 saturated heterocycles. The molecule has 0 radical (unpaired) electrons. The maximum absolute atomic E-state index is 11.2. The van der Waals surface area contributed by atoms with Crippen LogP contribution in [0.4, 0.5) is 5.69 Å². The van der Waals surface area contributed by atoms with E-state index in [1.165, 1.54) is 5.69 Å². The van der Waals surface area contributed by atoms with E-state index in [-0.39, 0.29) is 5.56 Å². The van der Waals surface area contributed by atoms with Gasteiger partial charge in [-0.2, -0.15) is 0 Å². The largest absolute Gasteiger partial charge is 0.478 e. The summed E-state index contributed by atoms with van der Waals surface area (Å²) in [6.07, 6.45) is 2.85. The molecule has 1 atom stereocenters. The van der Waals surface area contributed by atoms with Gasteiger partial charge in [0.1, 0.15) is 6.33 Å². The SMILES string of the molecule is CCC1CNCCN1c1cccc(-n2cnc3cc(C(=O)O)ccc32)c1. The first-order valence-corrected chi connectivity index (χ1v) is 8.95. The van der Waals surface area contributed by atoms with Crippen molar-refractivity contribution in [2.75, 3.05) is 24.5 Å². The number of piperazine rings is 1. The average molecular weight is 350 g/mol. The lowest BCUT2D eigenvalue weighted by molar-refractivity contribution is 0.0697. The maximum atomic E-state index is 11.2. The number of hydrogen-bond donors (Lipinski definition) is 2. The van der Waals surface area contributed by atoms with Crippen LogP contribution in [0.15, 0.2) is 48.8 Å². The Bertz CT molecular complexity index is 950. The van der Waals surface area contributed by atoms with Gasteiger partial charge < -0.3 is 15.3 Å². The van der Waals surface area contributed by atoms with E-state index in [1.807, 2.05) is 10.6 Å². The van der Waals surface area contributed by atoms with Crippen molar-refractivity contribution in [1.82, 2.24) is 14.9 Å². The molecule has 0 amide bonds. The maximum Gasteiger partial charge on any atom is 0.335 e. The molecule has 4 rings (SSSR count). The van der Waals surface area contributed by atoms with Crippen LogP contribution in [0, 0.1) is 0 Å². The summed E-state index contributed by atoms with van der Waals surface area (Å²) in [7, 11) is 0. The zero-order valence-corrected chi connectivity index (χ0v) is 14.7. The van der Waals surface area contributed by atoms with Crippen molar-refractivity contribution in [3.8, 4) is 5.69 Å². The Balaban J connectivity index is 1.72. The third kappa shape index (κ3) is 2.93. The highest BCUT2D eigenvalue weighted by molar-refractivity contribution is 5.92. The van der Waals surface area contributed by atoms with E-state index in [4.69, 9.17) is 5.11 Å². The summed E-state index contributed by atoms with van der Waals surface area (Å²) in [4.78, 5) is 18.0. The van der Waals surface area contributed by atoms with E-state index < -0.39 is 5.97 Å². The fraction of sp³-hybridized carbons (Fsp3) is 0.300. The Hall–Kier alpha value is -2.86. The molecule has 1 aliphatic heterocycles. The van der Waals surface area contributed by atoms with Crippen molar-refractivity contribution in [2.24, 2.45) is 0 Å². The van der Waals surface area contributed by atoms with Crippen molar-refractivity contribution in [1.29, 1.82) is 0 Å². The van der Waals surface area contributed by atoms with Crippen molar-refractivity contribution in [3.05, 3.63) is 54.4 Å². The molecule has 26 heavy (non-hydrogen) atoms. The van der Waals surface area contributed by atoms with E-state index in [0.717, 1.165) is 37.3 Å². The molecule has 6 nitrogen and oxygen atoms in total. The molecule has 0 aliphatic carbocycles. The number of imidazole rings is 1. The van der Waals surface area contributed by atoms with Crippen LogP contribution in [-0.4, -0.2) is 46.3 Å². The summed E-state index contributed by atoms with van der Waals surface area (Å²) in [5.74, 6) is -0.937. The molecular weight excluding hydrogens is 328 g/mol. The number of carbonyl (C=O) groups is 1. The fourth-order valence-electron chi connectivity index (χ4n) is 3.64. The molecular formula is C20H22N4O2. The van der Waals surface area contributed by atoms with Gasteiger partial charge in [-0.3, -0.25) is 4.57 Å². The second-order valence-electron chi connectivity index (χ2n) is 6.60. The van der Waals surface area contributed by atoms with Crippen LogP contribution < -0.4 is 10.2 Å². The van der Waals surface area contributed by atoms with E-state index in [0.29, 0.717) is 11.6 Å². The predicted molar refractivity (Wildman–Crippen MR) is 102 cm³/mol. The van der Waals surface area contributed by atoms with Crippen LogP contribution in [0.5, 0.6) is 0 Å². The average Bonchev–Trinajstić information content (AvgIpc) is 3.11. The monoisotopic (exact) mass is 350 g/mol. The number of fused-ring (bicyclic) bond motifs is 1. The number of aromatic carboxylic acids is 1. The summed E-state index contributed by atoms with van der Waals surface area (Å²) >= 11 is 0. The molecule has 6 heteroatoms. The quantitative estimate of drug-likeness (QED) is 0.757. The number of nitrogens with one attached hydrogen (secondary N) is 1. The van der Waals surface area contributed by atoms with Crippen LogP contribution >= 0.6 is 0 Å². The molecule has 3 aromatic rings. The van der Waals surface area contributed by atoms with Crippen molar-refractivity contribution in [3.63, 3.8) is 0 Å². The molecule has 2 N–H and O–H groups in total. The minimum Gasteiger partial charge on any atom is -0.478 e. The number of rotatable bonds is 4. The van der Waals surface area contributed by atoms with Crippen molar-refractivity contribution < 1.29 is 9.90 Å². The van der Waals surface area contributed by atoms with Gasteiger partial charge in [-0.25, -0.2) is 9.78 Å². The summed E-state index contributed by atoms with van der Waals surface area (Å²) in [6.45, 7) is 5.21. The molecule has 0 spiro atoms. The Morgan fingerprint density at radius 2 is 2.12 bits per heavy atom. The molecule has 2 aromatic carbocycles. The summed E-state index contributed by atoms with van der Waals surface area (Å²) in [5, 5.41) is 12.6. The first-order valence-electron chi connectivity index (χ1n) is 8.95. The second kappa shape index (κ2) is 6.80. The number of anilines is 1. The fourth-order valence-corrected chi connectivity index (χ4v) is 3.64. The minimum absolute atomic E-state index is 0.253. The lowest BCUT2D eigenvalue weighted by Crippen LogP contribution is -2.51. The number of carboxylic acid groups (broad SMARTS) is 1. The first kappa shape index (κ1) is 16.6. The van der Waals surface area contributed by atoms with Gasteiger partial charge in [0.05, 0.1) is 16.6 Å². The van der Waals surface area contributed by atoms with Gasteiger partial charge in [0.25, 0.3) is 0 Å². The van der Waals surface area contributed by atoms with E-state index in [9.17, 15) is 4.79 Å². The van der Waals surface area contributed by atoms with Gasteiger partial charge in [-0.15, -0.1) is 0 Å². The summed E-state index contributed by atoms with van der Waals surface area (Å²) < 4.78 is 2.01. The third-order valence-corrected chi connectivity index (χ3v) is 5.06. The van der Waals surface area contributed by atoms with Crippen LogP contribution in [0.1, 0.15) is 23.7 Å². The van der Waals surface area contributed by atoms with E-state index in [1.54, 1.807) is 18.5 Å². The highest BCUT2D eigenvalue weighted by Crippen LogP contribution is 2.25. The van der Waals surface area contributed by atoms with Crippen LogP contribution in [0.3, 0.4) is 0 Å². The van der Waals surface area contributed by atoms with Crippen LogP contribution in [-0.2, 0) is 0 Å². The lowest BCUT2D eigenvalue weighted by atomic mass is 10.1. The molecule has 0 saturated carbocycles. The number of benzene rings is 2.